The van der Waals surface area contributed by atoms with E-state index in [9.17, 15) is 9.59 Å². The number of amides is 3. The fourth-order valence-electron chi connectivity index (χ4n) is 3.68. The Kier molecular flexibility index (Phi) is 5.95. The molecule has 3 amide bonds. The highest BCUT2D eigenvalue weighted by atomic mass is 16.5. The standard InChI is InChI=1S/C22H27N9O4/c1-23-21(32)18-16(12-17(26-27-18)31-9-8-30(22(31)33)10-11-34-3)25-15-7-5-6-14(19(15)35-4)20-24-13-29(2)28-20/h5-7,12-13H,8-11H2,1-4H3,(H,23,32)(H,25,26)/i1D3. The van der Waals surface area contributed by atoms with Gasteiger partial charge in [-0.2, -0.15) is 5.10 Å². The molecule has 2 aromatic heterocycles. The maximum absolute atomic E-state index is 12.9. The van der Waals surface area contributed by atoms with Gasteiger partial charge in [-0.15, -0.1) is 10.2 Å². The van der Waals surface area contributed by atoms with E-state index in [1.54, 1.807) is 48.3 Å². The van der Waals surface area contributed by atoms with E-state index in [0.717, 1.165) is 0 Å². The number of carbonyl (C=O) groups excluding carboxylic acids is 2. The van der Waals surface area contributed by atoms with E-state index >= 15 is 0 Å². The highest BCUT2D eigenvalue weighted by molar-refractivity contribution is 6.00. The fraction of sp³-hybridized carbons (Fsp3) is 0.364. The van der Waals surface area contributed by atoms with Crippen LogP contribution < -0.4 is 20.3 Å². The Hall–Kier alpha value is -4.26. The Morgan fingerprint density at radius 2 is 2.09 bits per heavy atom. The molecule has 0 atom stereocenters. The quantitative estimate of drug-likeness (QED) is 0.459. The number of nitrogens with one attached hydrogen (secondary N) is 2. The molecule has 1 saturated heterocycles. The first kappa shape index (κ1) is 20.1. The zero-order valence-electron chi connectivity index (χ0n) is 22.5. The Morgan fingerprint density at radius 1 is 1.23 bits per heavy atom. The predicted molar refractivity (Wildman–Crippen MR) is 128 cm³/mol. The number of ether oxygens (including phenoxy) is 2. The van der Waals surface area contributed by atoms with E-state index in [2.05, 4.69) is 25.6 Å². The Labute approximate surface area is 206 Å². The van der Waals surface area contributed by atoms with Crippen LogP contribution in [0.25, 0.3) is 11.4 Å². The van der Waals surface area contributed by atoms with Crippen molar-refractivity contribution < 1.29 is 23.2 Å². The molecule has 1 aliphatic rings. The topological polar surface area (TPSA) is 140 Å². The second-order valence-electron chi connectivity index (χ2n) is 7.59. The first-order valence-corrected chi connectivity index (χ1v) is 10.7. The molecule has 13 heteroatoms. The molecule has 13 nitrogen and oxygen atoms in total. The molecule has 4 rings (SSSR count). The molecule has 0 aliphatic carbocycles. The first-order chi connectivity index (χ1) is 18.1. The minimum absolute atomic E-state index is 0.115. The van der Waals surface area contributed by atoms with Crippen molar-refractivity contribution in [3.63, 3.8) is 0 Å². The number of methoxy groups -OCH3 is 2. The van der Waals surface area contributed by atoms with Crippen molar-refractivity contribution in [2.75, 3.05) is 57.7 Å². The Balaban J connectivity index is 1.73. The average molecular weight is 485 g/mol. The summed E-state index contributed by atoms with van der Waals surface area (Å²) in [6.45, 7) is -1.14. The van der Waals surface area contributed by atoms with Crippen molar-refractivity contribution in [1.82, 2.24) is 35.2 Å². The van der Waals surface area contributed by atoms with E-state index in [0.29, 0.717) is 49.1 Å². The van der Waals surface area contributed by atoms with E-state index < -0.39 is 12.9 Å². The lowest BCUT2D eigenvalue weighted by Gasteiger charge is -2.19. The number of para-hydroxylation sites is 1. The molecule has 0 saturated carbocycles. The maximum atomic E-state index is 12.9. The minimum atomic E-state index is -2.75. The molecule has 3 aromatic rings. The highest BCUT2D eigenvalue weighted by Gasteiger charge is 2.31. The molecule has 35 heavy (non-hydrogen) atoms. The monoisotopic (exact) mass is 484 g/mol. The van der Waals surface area contributed by atoms with E-state index in [4.69, 9.17) is 13.6 Å². The summed E-state index contributed by atoms with van der Waals surface area (Å²) in [6, 6.07) is 6.39. The SMILES string of the molecule is [2H]C([2H])([2H])NC(=O)c1nnc(N2CCN(CCOC)C2=O)cc1Nc1cccc(-c2ncn(C)n2)c1OC. The molecule has 0 bridgehead atoms. The lowest BCUT2D eigenvalue weighted by molar-refractivity contribution is 0.0958. The van der Waals surface area contributed by atoms with Crippen LogP contribution in [0.2, 0.25) is 0 Å². The number of carbonyl (C=O) groups is 2. The van der Waals surface area contributed by atoms with Gasteiger partial charge in [-0.05, 0) is 12.1 Å². The van der Waals surface area contributed by atoms with Gasteiger partial charge < -0.3 is 25.0 Å². The van der Waals surface area contributed by atoms with Crippen LogP contribution in [-0.4, -0.2) is 89.2 Å². The van der Waals surface area contributed by atoms with E-state index in [-0.39, 0.29) is 23.2 Å². The van der Waals surface area contributed by atoms with Gasteiger partial charge in [0, 0.05) is 50.9 Å². The van der Waals surface area contributed by atoms with Crippen molar-refractivity contribution in [1.29, 1.82) is 0 Å². The summed E-state index contributed by atoms with van der Waals surface area (Å²) in [6.07, 6.45) is 1.55. The number of urea groups is 1. The lowest BCUT2D eigenvalue weighted by Crippen LogP contribution is -2.34. The number of anilines is 3. The van der Waals surface area contributed by atoms with Gasteiger partial charge in [-0.3, -0.25) is 14.4 Å². The summed E-state index contributed by atoms with van der Waals surface area (Å²) < 4.78 is 34.5. The van der Waals surface area contributed by atoms with Gasteiger partial charge in [0.2, 0.25) is 0 Å². The van der Waals surface area contributed by atoms with Crippen LogP contribution in [0.4, 0.5) is 22.0 Å². The Bertz CT molecular complexity index is 1330. The van der Waals surface area contributed by atoms with Crippen LogP contribution in [0.3, 0.4) is 0 Å². The maximum Gasteiger partial charge on any atom is 0.325 e. The largest absolute Gasteiger partial charge is 0.494 e. The molecule has 1 aliphatic heterocycles. The highest BCUT2D eigenvalue weighted by Crippen LogP contribution is 2.37. The van der Waals surface area contributed by atoms with Crippen LogP contribution in [0.5, 0.6) is 5.75 Å². The number of nitrogens with zero attached hydrogens (tertiary/aromatic N) is 7. The zero-order valence-corrected chi connectivity index (χ0v) is 19.5. The van der Waals surface area contributed by atoms with Crippen molar-refractivity contribution in [3.8, 4) is 17.1 Å². The van der Waals surface area contributed by atoms with Crippen molar-refractivity contribution >= 4 is 29.1 Å². The number of aromatic nitrogens is 5. The summed E-state index contributed by atoms with van der Waals surface area (Å²) in [7, 11) is 4.77. The lowest BCUT2D eigenvalue weighted by atomic mass is 10.1. The molecule has 1 fully saturated rings. The molecule has 1 aromatic carbocycles. The Morgan fingerprint density at radius 3 is 2.80 bits per heavy atom. The summed E-state index contributed by atoms with van der Waals surface area (Å²) in [5.74, 6) is 0.00912. The second-order valence-corrected chi connectivity index (χ2v) is 7.59. The van der Waals surface area contributed by atoms with Crippen molar-refractivity contribution in [2.24, 2.45) is 7.05 Å². The normalized spacial score (nSPS) is 14.9. The molecule has 0 unspecified atom stereocenters. The summed E-state index contributed by atoms with van der Waals surface area (Å²) in [5.41, 5.74) is 0.839. The van der Waals surface area contributed by atoms with Gasteiger partial charge in [0.1, 0.15) is 6.33 Å². The smallest absolute Gasteiger partial charge is 0.325 e. The molecule has 0 spiro atoms. The number of hydrogen-bond donors (Lipinski definition) is 2. The number of rotatable bonds is 9. The molecule has 3 heterocycles. The fourth-order valence-corrected chi connectivity index (χ4v) is 3.68. The van der Waals surface area contributed by atoms with Crippen LogP contribution in [0.1, 0.15) is 14.6 Å². The van der Waals surface area contributed by atoms with Gasteiger partial charge in [0.15, 0.2) is 23.1 Å². The van der Waals surface area contributed by atoms with Gasteiger partial charge in [0.25, 0.3) is 5.91 Å². The predicted octanol–water partition coefficient (Wildman–Crippen LogP) is 1.27. The molecule has 2 N–H and O–H groups in total. The molecule has 184 valence electrons. The summed E-state index contributed by atoms with van der Waals surface area (Å²) in [5, 5.41) is 17.4. The van der Waals surface area contributed by atoms with Crippen molar-refractivity contribution in [2.45, 2.75) is 0 Å². The average Bonchev–Trinajstić information content (AvgIpc) is 3.46. The zero-order chi connectivity index (χ0) is 27.4. The third-order valence-electron chi connectivity index (χ3n) is 5.38. The number of aryl methyl sites for hydroxylation is 1. The molecular weight excluding hydrogens is 454 g/mol. The van der Waals surface area contributed by atoms with Gasteiger partial charge >= 0.3 is 6.03 Å². The van der Waals surface area contributed by atoms with E-state index in [1.807, 2.05) is 5.32 Å². The third kappa shape index (κ3) is 4.84. The number of benzene rings is 1. The van der Waals surface area contributed by atoms with Gasteiger partial charge in [0.05, 0.1) is 30.7 Å². The van der Waals surface area contributed by atoms with Crippen LogP contribution in [0, 0.1) is 0 Å². The third-order valence-corrected chi connectivity index (χ3v) is 5.38. The molecule has 0 radical (unpaired) electrons. The van der Waals surface area contributed by atoms with Crippen molar-refractivity contribution in [3.05, 3.63) is 36.3 Å². The summed E-state index contributed by atoms with van der Waals surface area (Å²) in [4.78, 5) is 33.0. The first-order valence-electron chi connectivity index (χ1n) is 12.2. The van der Waals surface area contributed by atoms with Gasteiger partial charge in [-0.1, -0.05) is 6.07 Å². The number of hydrogen-bond acceptors (Lipinski definition) is 9. The molecular formula is C22H27N9O4. The minimum Gasteiger partial charge on any atom is -0.494 e. The summed E-state index contributed by atoms with van der Waals surface area (Å²) >= 11 is 0. The second kappa shape index (κ2) is 10.3. The van der Waals surface area contributed by atoms with Gasteiger partial charge in [-0.25, -0.2) is 9.78 Å². The van der Waals surface area contributed by atoms with Crippen LogP contribution in [0.15, 0.2) is 30.6 Å². The van der Waals surface area contributed by atoms with Crippen LogP contribution >= 0.6 is 0 Å². The van der Waals surface area contributed by atoms with E-state index in [1.165, 1.54) is 18.1 Å². The van der Waals surface area contributed by atoms with Crippen LogP contribution in [-0.2, 0) is 11.8 Å².